The quantitative estimate of drug-likeness (QED) is 0.653. The van der Waals surface area contributed by atoms with Crippen molar-refractivity contribution in [2.24, 2.45) is 0 Å². The van der Waals surface area contributed by atoms with Crippen LogP contribution < -0.4 is 4.74 Å². The Morgan fingerprint density at radius 1 is 1.22 bits per heavy atom. The van der Waals surface area contributed by atoms with E-state index in [1.165, 1.54) is 0 Å². The Morgan fingerprint density at radius 2 is 1.96 bits per heavy atom. The molecule has 0 aliphatic heterocycles. The van der Waals surface area contributed by atoms with Crippen molar-refractivity contribution in [1.82, 2.24) is 9.88 Å². The topological polar surface area (TPSA) is 51.7 Å². The zero-order valence-corrected chi connectivity index (χ0v) is 15.1. The van der Waals surface area contributed by atoms with Crippen LogP contribution >= 0.6 is 0 Å². The number of ether oxygens (including phenoxy) is 2. The fourth-order valence-corrected chi connectivity index (χ4v) is 2.02. The minimum atomic E-state index is -0.171. The Morgan fingerprint density at radius 3 is 2.48 bits per heavy atom. The number of carbonyl (C=O) groups excluding carboxylic acids is 1. The highest BCUT2D eigenvalue weighted by Crippen LogP contribution is 2.11. The molecular formula is C18H30N2O3. The van der Waals surface area contributed by atoms with Crippen molar-refractivity contribution in [2.75, 3.05) is 26.3 Å². The molecule has 0 saturated carbocycles. The number of hydrogen-bond donors (Lipinski definition) is 0. The molecule has 0 atom stereocenters. The number of carbonyl (C=O) groups is 1. The summed E-state index contributed by atoms with van der Waals surface area (Å²) in [6.45, 7) is 12.6. The maximum absolute atomic E-state index is 12.4. The number of rotatable bonds is 9. The van der Waals surface area contributed by atoms with Crippen molar-refractivity contribution in [3.63, 3.8) is 0 Å². The van der Waals surface area contributed by atoms with Gasteiger partial charge < -0.3 is 14.4 Å². The lowest BCUT2D eigenvalue weighted by molar-refractivity contribution is -0.0168. The third kappa shape index (κ3) is 7.46. The molecule has 0 fully saturated rings. The molecule has 0 saturated heterocycles. The Kier molecular flexibility index (Phi) is 8.03. The monoisotopic (exact) mass is 322 g/mol. The summed E-state index contributed by atoms with van der Waals surface area (Å²) in [6.07, 6.45) is 3.67. The molecule has 130 valence electrons. The van der Waals surface area contributed by atoms with Crippen molar-refractivity contribution in [3.05, 3.63) is 23.9 Å². The van der Waals surface area contributed by atoms with Crippen LogP contribution in [0.15, 0.2) is 18.3 Å². The lowest BCUT2D eigenvalue weighted by atomic mass is 10.2. The Labute approximate surface area is 140 Å². The van der Waals surface area contributed by atoms with Crippen LogP contribution in [0, 0.1) is 0 Å². The normalized spacial score (nSPS) is 11.3. The van der Waals surface area contributed by atoms with Gasteiger partial charge in [0.25, 0.3) is 5.91 Å². The second kappa shape index (κ2) is 9.50. The van der Waals surface area contributed by atoms with Gasteiger partial charge in [0.1, 0.15) is 6.61 Å². The fraction of sp³-hybridized carbons (Fsp3) is 0.667. The molecule has 1 heterocycles. The van der Waals surface area contributed by atoms with Crippen LogP contribution in [0.3, 0.4) is 0 Å². The summed E-state index contributed by atoms with van der Waals surface area (Å²) in [7, 11) is 0. The standard InChI is InChI=1S/C18H30N2O3/c1-6-8-11-20(7-2)17(21)15-9-10-16(19-14-15)22-12-13-23-18(3,4)5/h9-10,14H,6-8,11-13H2,1-5H3. The summed E-state index contributed by atoms with van der Waals surface area (Å²) in [6, 6.07) is 3.50. The molecule has 0 aliphatic rings. The highest BCUT2D eigenvalue weighted by Gasteiger charge is 2.14. The smallest absolute Gasteiger partial charge is 0.255 e. The van der Waals surface area contributed by atoms with Crippen molar-refractivity contribution < 1.29 is 14.3 Å². The number of unbranched alkanes of at least 4 members (excludes halogenated alkanes) is 1. The van der Waals surface area contributed by atoms with Gasteiger partial charge in [0.2, 0.25) is 5.88 Å². The van der Waals surface area contributed by atoms with Gasteiger partial charge in [0, 0.05) is 25.4 Å². The van der Waals surface area contributed by atoms with Crippen LogP contribution in [-0.4, -0.2) is 47.7 Å². The fourth-order valence-electron chi connectivity index (χ4n) is 2.02. The van der Waals surface area contributed by atoms with E-state index in [0.29, 0.717) is 31.2 Å². The molecule has 0 N–H and O–H groups in total. The maximum Gasteiger partial charge on any atom is 0.255 e. The number of nitrogens with zero attached hydrogens (tertiary/aromatic N) is 2. The molecule has 1 aromatic rings. The average molecular weight is 322 g/mol. The first-order chi connectivity index (χ1) is 10.9. The largest absolute Gasteiger partial charge is 0.475 e. The Bertz CT molecular complexity index is 466. The van der Waals surface area contributed by atoms with Gasteiger partial charge in [-0.05, 0) is 40.2 Å². The predicted octanol–water partition coefficient (Wildman–Crippen LogP) is 3.54. The van der Waals surface area contributed by atoms with Crippen LogP contribution in [-0.2, 0) is 4.74 Å². The Balaban J connectivity index is 2.50. The Hall–Kier alpha value is -1.62. The average Bonchev–Trinajstić information content (AvgIpc) is 2.52. The van der Waals surface area contributed by atoms with Crippen molar-refractivity contribution >= 4 is 5.91 Å². The SMILES string of the molecule is CCCCN(CC)C(=O)c1ccc(OCCOC(C)(C)C)nc1. The van der Waals surface area contributed by atoms with E-state index in [0.717, 1.165) is 19.4 Å². The van der Waals surface area contributed by atoms with E-state index < -0.39 is 0 Å². The number of pyridine rings is 1. The van der Waals surface area contributed by atoms with Gasteiger partial charge in [0.15, 0.2) is 0 Å². The maximum atomic E-state index is 12.4. The van der Waals surface area contributed by atoms with E-state index in [4.69, 9.17) is 9.47 Å². The number of amides is 1. The third-order valence-electron chi connectivity index (χ3n) is 3.30. The summed E-state index contributed by atoms with van der Waals surface area (Å²) >= 11 is 0. The lowest BCUT2D eigenvalue weighted by Gasteiger charge is -2.20. The van der Waals surface area contributed by atoms with Gasteiger partial charge in [-0.25, -0.2) is 4.98 Å². The van der Waals surface area contributed by atoms with Crippen molar-refractivity contribution in [2.45, 2.75) is 53.1 Å². The zero-order chi connectivity index (χ0) is 17.3. The molecule has 5 nitrogen and oxygen atoms in total. The lowest BCUT2D eigenvalue weighted by Crippen LogP contribution is -2.31. The summed E-state index contributed by atoms with van der Waals surface area (Å²) in [4.78, 5) is 18.4. The molecule has 1 rings (SSSR count). The van der Waals surface area contributed by atoms with Crippen LogP contribution in [0.5, 0.6) is 5.88 Å². The van der Waals surface area contributed by atoms with Crippen LogP contribution in [0.2, 0.25) is 0 Å². The van der Waals surface area contributed by atoms with Gasteiger partial charge in [-0.2, -0.15) is 0 Å². The van der Waals surface area contributed by atoms with Crippen molar-refractivity contribution in [1.29, 1.82) is 0 Å². The predicted molar refractivity (Wildman–Crippen MR) is 91.9 cm³/mol. The van der Waals surface area contributed by atoms with Gasteiger partial charge in [0.05, 0.1) is 17.8 Å². The summed E-state index contributed by atoms with van der Waals surface area (Å²) in [5.41, 5.74) is 0.427. The van der Waals surface area contributed by atoms with Gasteiger partial charge in [-0.1, -0.05) is 13.3 Å². The van der Waals surface area contributed by atoms with E-state index in [1.54, 1.807) is 18.3 Å². The molecule has 0 unspecified atom stereocenters. The zero-order valence-electron chi connectivity index (χ0n) is 15.1. The first-order valence-corrected chi connectivity index (χ1v) is 8.39. The van der Waals surface area contributed by atoms with Gasteiger partial charge >= 0.3 is 0 Å². The van der Waals surface area contributed by atoms with E-state index in [2.05, 4.69) is 11.9 Å². The van der Waals surface area contributed by atoms with Gasteiger partial charge in [-0.15, -0.1) is 0 Å². The summed E-state index contributed by atoms with van der Waals surface area (Å²) in [5.74, 6) is 0.534. The summed E-state index contributed by atoms with van der Waals surface area (Å²) < 4.78 is 11.1. The second-order valence-corrected chi connectivity index (χ2v) is 6.43. The molecular weight excluding hydrogens is 292 g/mol. The van der Waals surface area contributed by atoms with Crippen molar-refractivity contribution in [3.8, 4) is 5.88 Å². The highest BCUT2D eigenvalue weighted by molar-refractivity contribution is 5.93. The van der Waals surface area contributed by atoms with E-state index >= 15 is 0 Å². The van der Waals surface area contributed by atoms with Crippen LogP contribution in [0.4, 0.5) is 0 Å². The molecule has 0 radical (unpaired) electrons. The first-order valence-electron chi connectivity index (χ1n) is 8.39. The molecule has 0 aromatic carbocycles. The highest BCUT2D eigenvalue weighted by atomic mass is 16.5. The molecule has 0 spiro atoms. The molecule has 1 amide bonds. The molecule has 0 aliphatic carbocycles. The van der Waals surface area contributed by atoms with E-state index in [-0.39, 0.29) is 11.5 Å². The molecule has 23 heavy (non-hydrogen) atoms. The first kappa shape index (κ1) is 19.4. The third-order valence-corrected chi connectivity index (χ3v) is 3.30. The van der Waals surface area contributed by atoms with Crippen LogP contribution in [0.1, 0.15) is 57.8 Å². The van der Waals surface area contributed by atoms with Crippen LogP contribution in [0.25, 0.3) is 0 Å². The molecule has 0 bridgehead atoms. The van der Waals surface area contributed by atoms with E-state index in [9.17, 15) is 4.79 Å². The number of hydrogen-bond acceptors (Lipinski definition) is 4. The second-order valence-electron chi connectivity index (χ2n) is 6.43. The minimum absolute atomic E-state index is 0.0241. The summed E-state index contributed by atoms with van der Waals surface area (Å²) in [5, 5.41) is 0. The molecule has 1 aromatic heterocycles. The molecule has 5 heteroatoms. The van der Waals surface area contributed by atoms with Gasteiger partial charge in [-0.3, -0.25) is 4.79 Å². The number of aromatic nitrogens is 1. The van der Waals surface area contributed by atoms with E-state index in [1.807, 2.05) is 32.6 Å². The minimum Gasteiger partial charge on any atom is -0.475 e.